The molecule has 0 aliphatic heterocycles. The summed E-state index contributed by atoms with van der Waals surface area (Å²) in [5, 5.41) is 50.9. The highest BCUT2D eigenvalue weighted by Gasteiger charge is 2.33. The van der Waals surface area contributed by atoms with Crippen LogP contribution in [0.25, 0.3) is 28.4 Å². The number of aromatic nitrogens is 16. The van der Waals surface area contributed by atoms with E-state index in [1.54, 1.807) is 79.8 Å². The summed E-state index contributed by atoms with van der Waals surface area (Å²) in [6, 6.07) is 65.2. The molecule has 143 heavy (non-hydrogen) atoms. The summed E-state index contributed by atoms with van der Waals surface area (Å²) in [5.74, 6) is 1.01. The second kappa shape index (κ2) is 54.2. The molecule has 744 valence electrons. The highest BCUT2D eigenvalue weighted by atomic mass is 35.5. The molecule has 0 aliphatic carbocycles. The van der Waals surface area contributed by atoms with Gasteiger partial charge < -0.3 is 9.84 Å². The summed E-state index contributed by atoms with van der Waals surface area (Å²) in [4.78, 5) is 88.1. The number of benzene rings is 9. The molecule has 9 aromatic carbocycles. The second-order valence-electron chi connectivity index (χ2n) is 37.3. The quantitative estimate of drug-likeness (QED) is 0.0274. The van der Waals surface area contributed by atoms with E-state index in [1.807, 2.05) is 205 Å². The number of carboxylic acids is 1. The molecular formula is C113H123ClF4N16O9. The van der Waals surface area contributed by atoms with Crippen LogP contribution in [0.4, 0.5) is 17.6 Å². The Morgan fingerprint density at radius 2 is 0.678 bits per heavy atom. The molecule has 0 saturated heterocycles. The van der Waals surface area contributed by atoms with Crippen molar-refractivity contribution in [3.05, 3.63) is 379 Å². The van der Waals surface area contributed by atoms with E-state index >= 15 is 0 Å². The van der Waals surface area contributed by atoms with Gasteiger partial charge in [0.2, 0.25) is 0 Å². The Kier molecular flexibility index (Phi) is 41.2. The first-order valence-electron chi connectivity index (χ1n) is 48.1. The molecule has 0 atom stereocenters. The van der Waals surface area contributed by atoms with Crippen LogP contribution in [-0.2, 0) is 141 Å². The van der Waals surface area contributed by atoms with Crippen molar-refractivity contribution >= 4 is 52.5 Å². The zero-order valence-electron chi connectivity index (χ0n) is 82.7. The van der Waals surface area contributed by atoms with E-state index in [0.717, 1.165) is 146 Å². The first-order chi connectivity index (χ1) is 68.6. The number of rotatable bonds is 42. The molecule has 15 rings (SSSR count). The van der Waals surface area contributed by atoms with E-state index in [0.29, 0.717) is 103 Å². The molecule has 25 nitrogen and oxygen atoms in total. The first-order valence-corrected chi connectivity index (χ1v) is 48.5. The van der Waals surface area contributed by atoms with Gasteiger partial charge in [-0.15, -0.1) is 25.5 Å². The van der Waals surface area contributed by atoms with Crippen LogP contribution < -0.4 is 0 Å². The fraction of sp³-hybridized carbons (Fsp3) is 0.327. The average Bonchev–Trinajstić information content (AvgIpc) is 1.19. The van der Waals surface area contributed by atoms with Gasteiger partial charge in [0.05, 0.1) is 106 Å². The minimum absolute atomic E-state index is 0.00763. The molecule has 1 N–H and O–H groups in total. The van der Waals surface area contributed by atoms with E-state index in [-0.39, 0.29) is 90.7 Å². The van der Waals surface area contributed by atoms with Crippen molar-refractivity contribution in [3.63, 3.8) is 0 Å². The standard InChI is InChI=1S/C25H29N3O3.C23H26ClN3O.C22H24FN3O.C22H26N4O.C21H18F3N3O3/c1-18(2)14-25(30)31-13-12-22-17-28(27-26-22)23-10-8-20(9-11-23)15-24(29)16-21-7-5-4-6-19(21)3;1-16(2)7-10-20-15-27(26-25-20)21-11-8-18(9-12-21)13-22(28)14-19-5-4-6-23(24)17(19)3;1-16(2)7-10-19-15-26(25-24-19)20-11-8-17(9-12-20)13-21(27)14-18-5-3-4-6-22(18)23;1-16(2)4-7-20-15-26(25-24-20)21-8-5-18(6-9-21)12-22(27)13-19-14-23-11-10-17(19)3;22-21(23,24)19-4-2-1-3-15(19)12-18(28)11-14-5-8-17(9-6-14)27-13-16(25-26-27)7-10-20(29)30/h4-11,17-18H,12-16H2,1-3H3;4-6,8-9,11-12,15-16H,7,10,13-14H2,1-3H3;3-6,8-9,11-12,15-16H,7,10,13-14H2,1-2H3;5-6,8-11,14-16H,4,7,12-13H2,1-3H3;1-6,8-9,13H,7,10-12H2,(H,29,30). The number of carboxylic acid groups (broad SMARTS) is 1. The number of halogens is 5. The Morgan fingerprint density at radius 1 is 0.357 bits per heavy atom. The topological polar surface area (TPSA) is 315 Å². The number of esters is 1. The van der Waals surface area contributed by atoms with Crippen LogP contribution in [0.5, 0.6) is 0 Å². The van der Waals surface area contributed by atoms with Gasteiger partial charge in [-0.2, -0.15) is 13.2 Å². The van der Waals surface area contributed by atoms with E-state index in [2.05, 4.69) is 98.1 Å². The number of Topliss-reactive ketones (excluding diaryl/α,β-unsaturated/α-hetero) is 5. The third-order valence-electron chi connectivity index (χ3n) is 23.4. The molecule has 6 heterocycles. The molecular weight excluding hydrogens is 1840 g/mol. The number of nitrogens with zero attached hydrogens (tertiary/aromatic N) is 16. The van der Waals surface area contributed by atoms with Crippen molar-refractivity contribution in [2.75, 3.05) is 6.61 Å². The number of hydrogen-bond acceptors (Lipinski definition) is 19. The van der Waals surface area contributed by atoms with Gasteiger partial charge in [0.25, 0.3) is 0 Å². The fourth-order valence-corrected chi connectivity index (χ4v) is 15.4. The van der Waals surface area contributed by atoms with Crippen LogP contribution in [0.3, 0.4) is 0 Å². The molecule has 0 radical (unpaired) electrons. The van der Waals surface area contributed by atoms with Crippen LogP contribution >= 0.6 is 11.6 Å². The summed E-state index contributed by atoms with van der Waals surface area (Å²) in [7, 11) is 0. The normalized spacial score (nSPS) is 11.2. The van der Waals surface area contributed by atoms with Gasteiger partial charge >= 0.3 is 18.1 Å². The smallest absolute Gasteiger partial charge is 0.416 e. The molecule has 15 aromatic rings. The van der Waals surface area contributed by atoms with E-state index in [1.165, 1.54) is 28.9 Å². The molecule has 0 amide bonds. The fourth-order valence-electron chi connectivity index (χ4n) is 15.2. The minimum Gasteiger partial charge on any atom is -0.481 e. The predicted molar refractivity (Wildman–Crippen MR) is 543 cm³/mol. The van der Waals surface area contributed by atoms with Gasteiger partial charge in [0.15, 0.2) is 0 Å². The van der Waals surface area contributed by atoms with Gasteiger partial charge in [-0.3, -0.25) is 38.5 Å². The lowest BCUT2D eigenvalue weighted by molar-refractivity contribution is -0.144. The number of aliphatic carboxylic acids is 1. The Bertz CT molecular complexity index is 6510. The average molecular weight is 1960 g/mol. The van der Waals surface area contributed by atoms with Gasteiger partial charge in [-0.25, -0.2) is 27.8 Å². The lowest BCUT2D eigenvalue weighted by Gasteiger charge is -2.12. The van der Waals surface area contributed by atoms with Crippen molar-refractivity contribution in [1.29, 1.82) is 0 Å². The lowest BCUT2D eigenvalue weighted by Crippen LogP contribution is -2.13. The number of aryl methyl sites for hydroxylation is 6. The van der Waals surface area contributed by atoms with Gasteiger partial charge in [0, 0.05) is 101 Å². The highest BCUT2D eigenvalue weighted by Crippen LogP contribution is 2.33. The Labute approximate surface area is 837 Å². The highest BCUT2D eigenvalue weighted by molar-refractivity contribution is 6.31. The van der Waals surface area contributed by atoms with Crippen LogP contribution in [0.2, 0.25) is 5.02 Å². The molecule has 0 aliphatic rings. The van der Waals surface area contributed by atoms with Crippen molar-refractivity contribution in [2.24, 2.45) is 23.7 Å². The molecule has 0 spiro atoms. The van der Waals surface area contributed by atoms with E-state index in [4.69, 9.17) is 21.4 Å². The lowest BCUT2D eigenvalue weighted by atomic mass is 9.98. The number of alkyl halides is 3. The number of hydrogen-bond donors (Lipinski definition) is 1. The second-order valence-corrected chi connectivity index (χ2v) is 37.7. The number of carbonyl (C=O) groups excluding carboxylic acids is 6. The van der Waals surface area contributed by atoms with Crippen LogP contribution in [-0.4, -0.2) is 133 Å². The van der Waals surface area contributed by atoms with Crippen LogP contribution in [0.1, 0.15) is 194 Å². The third kappa shape index (κ3) is 36.3. The summed E-state index contributed by atoms with van der Waals surface area (Å²) < 4.78 is 66.6. The molecule has 0 bridgehead atoms. The number of ketones is 5. The van der Waals surface area contributed by atoms with Crippen molar-refractivity contribution in [3.8, 4) is 28.4 Å². The number of pyridine rings is 1. The third-order valence-corrected chi connectivity index (χ3v) is 23.9. The Hall–Kier alpha value is -14.9. The number of carbonyl (C=O) groups is 7. The van der Waals surface area contributed by atoms with Crippen molar-refractivity contribution in [1.82, 2.24) is 80.0 Å². The molecule has 0 saturated carbocycles. The molecule has 0 fully saturated rings. The van der Waals surface area contributed by atoms with Crippen LogP contribution in [0.15, 0.2) is 262 Å². The minimum atomic E-state index is -4.50. The van der Waals surface area contributed by atoms with E-state index < -0.39 is 17.7 Å². The first kappa shape index (κ1) is 109. The molecule has 0 unspecified atom stereocenters. The predicted octanol–water partition coefficient (Wildman–Crippen LogP) is 21.2. The molecule has 6 aromatic heterocycles. The van der Waals surface area contributed by atoms with Crippen molar-refractivity contribution < 1.29 is 61.0 Å². The summed E-state index contributed by atoms with van der Waals surface area (Å²) >= 11 is 6.15. The Morgan fingerprint density at radius 3 is 1.04 bits per heavy atom. The van der Waals surface area contributed by atoms with E-state index in [9.17, 15) is 51.1 Å². The maximum absolute atomic E-state index is 13.7. The maximum Gasteiger partial charge on any atom is 0.416 e. The molecule has 30 heteroatoms. The summed E-state index contributed by atoms with van der Waals surface area (Å²) in [6.45, 7) is 23.5. The number of ether oxygens (including phenoxy) is 1. The summed E-state index contributed by atoms with van der Waals surface area (Å²) in [6.07, 6.45) is 18.2. The largest absolute Gasteiger partial charge is 0.481 e. The van der Waals surface area contributed by atoms with Crippen molar-refractivity contribution in [2.45, 2.75) is 211 Å². The summed E-state index contributed by atoms with van der Waals surface area (Å²) in [5.41, 5.74) is 19.1. The maximum atomic E-state index is 13.7. The zero-order valence-corrected chi connectivity index (χ0v) is 83.5. The van der Waals surface area contributed by atoms with Gasteiger partial charge in [-0.1, -0.05) is 227 Å². The SMILES string of the molecule is CC(C)CCc1cn(-c2ccc(CC(=O)Cc3ccccc3F)cc2)nn1.Cc1c(Cl)cccc1CC(=O)Cc1ccc(-n2cc(CCC(C)C)nn2)cc1.Cc1ccccc1CC(=O)Cc1ccc(-n2cc(CCOC(=O)CC(C)C)nn2)cc1.Cc1ccncc1CC(=O)Cc1ccc(-n2cc(CCC(C)C)nn2)cc1.O=C(O)CCc1cn(-c2ccc(CC(=O)Cc3ccccc3C(F)(F)F)cc2)nn1. The van der Waals surface area contributed by atoms with Gasteiger partial charge in [0.1, 0.15) is 34.7 Å². The van der Waals surface area contributed by atoms with Gasteiger partial charge in [-0.05, 0) is 240 Å². The Balaban J connectivity index is 0.000000171. The zero-order chi connectivity index (χ0) is 102. The monoisotopic (exact) mass is 1960 g/mol. The van der Waals surface area contributed by atoms with Crippen LogP contribution in [0, 0.1) is 50.3 Å².